The molecule has 0 amide bonds. The van der Waals surface area contributed by atoms with Gasteiger partial charge in [0.2, 0.25) is 0 Å². The number of rotatable bonds is 3. The van der Waals surface area contributed by atoms with E-state index < -0.39 is 0 Å². The van der Waals surface area contributed by atoms with E-state index in [0.29, 0.717) is 5.56 Å². The van der Waals surface area contributed by atoms with Gasteiger partial charge < -0.3 is 5.73 Å². The van der Waals surface area contributed by atoms with Crippen molar-refractivity contribution in [2.45, 2.75) is 29.2 Å². The molecule has 0 unspecified atom stereocenters. The van der Waals surface area contributed by atoms with Crippen molar-refractivity contribution in [3.05, 3.63) is 53.2 Å². The first-order valence-electron chi connectivity index (χ1n) is 6.33. The van der Waals surface area contributed by atoms with Crippen molar-refractivity contribution in [3.8, 4) is 0 Å². The molecule has 0 saturated heterocycles. The molecule has 0 bridgehead atoms. The van der Waals surface area contributed by atoms with E-state index >= 15 is 0 Å². The van der Waals surface area contributed by atoms with Gasteiger partial charge >= 0.3 is 0 Å². The third-order valence-corrected chi connectivity index (χ3v) is 4.35. The second kappa shape index (κ2) is 5.05. The molecule has 4 heteroatoms. The summed E-state index contributed by atoms with van der Waals surface area (Å²) < 4.78 is 0. The standard InChI is InChI=1S/C15H15N3S/c16-14(17)13-5-2-8-18-15(13)19-12-7-6-10-3-1-4-11(10)9-12/h2,5-9H,1,3-4H2,(H3,16,17). The molecule has 1 aromatic heterocycles. The van der Waals surface area contributed by atoms with Gasteiger partial charge in [0.1, 0.15) is 10.9 Å². The van der Waals surface area contributed by atoms with Crippen LogP contribution in [0.3, 0.4) is 0 Å². The summed E-state index contributed by atoms with van der Waals surface area (Å²) in [5, 5.41) is 8.39. The second-order valence-corrected chi connectivity index (χ2v) is 5.72. The highest BCUT2D eigenvalue weighted by molar-refractivity contribution is 7.99. The number of aromatic nitrogens is 1. The van der Waals surface area contributed by atoms with Crippen LogP contribution >= 0.6 is 11.8 Å². The summed E-state index contributed by atoms with van der Waals surface area (Å²) >= 11 is 1.58. The summed E-state index contributed by atoms with van der Waals surface area (Å²) in [5.41, 5.74) is 9.21. The molecule has 0 fully saturated rings. The molecular weight excluding hydrogens is 254 g/mol. The van der Waals surface area contributed by atoms with E-state index in [9.17, 15) is 0 Å². The third kappa shape index (κ3) is 2.49. The van der Waals surface area contributed by atoms with E-state index in [1.54, 1.807) is 18.0 Å². The Bertz CT molecular complexity index is 637. The molecule has 1 aliphatic rings. The number of hydrogen-bond donors (Lipinski definition) is 2. The van der Waals surface area contributed by atoms with Crippen molar-refractivity contribution in [3.63, 3.8) is 0 Å². The van der Waals surface area contributed by atoms with Gasteiger partial charge in [0.15, 0.2) is 0 Å². The molecule has 96 valence electrons. The molecule has 3 nitrogen and oxygen atoms in total. The number of nitrogens with one attached hydrogen (secondary N) is 1. The predicted molar refractivity (Wildman–Crippen MR) is 77.8 cm³/mol. The van der Waals surface area contributed by atoms with Crippen LogP contribution in [0.25, 0.3) is 0 Å². The van der Waals surface area contributed by atoms with Crippen LogP contribution in [-0.4, -0.2) is 10.8 Å². The average Bonchev–Trinajstić information content (AvgIpc) is 2.86. The van der Waals surface area contributed by atoms with E-state index in [2.05, 4.69) is 23.2 Å². The van der Waals surface area contributed by atoms with Gasteiger partial charge in [-0.1, -0.05) is 17.8 Å². The average molecular weight is 269 g/mol. The fourth-order valence-electron chi connectivity index (χ4n) is 2.40. The lowest BCUT2D eigenvalue weighted by Gasteiger charge is -2.07. The summed E-state index contributed by atoms with van der Waals surface area (Å²) in [6.07, 6.45) is 5.36. The minimum Gasteiger partial charge on any atom is -0.384 e. The number of nitrogens with zero attached hydrogens (tertiary/aromatic N) is 1. The highest BCUT2D eigenvalue weighted by Gasteiger charge is 2.13. The monoisotopic (exact) mass is 269 g/mol. The number of aryl methyl sites for hydroxylation is 2. The van der Waals surface area contributed by atoms with Crippen molar-refractivity contribution >= 4 is 17.6 Å². The van der Waals surface area contributed by atoms with Crippen LogP contribution in [0, 0.1) is 5.41 Å². The van der Waals surface area contributed by atoms with Crippen molar-refractivity contribution in [2.75, 3.05) is 0 Å². The summed E-state index contributed by atoms with van der Waals surface area (Å²) in [5.74, 6) is 0.0664. The van der Waals surface area contributed by atoms with Gasteiger partial charge in [0.05, 0.1) is 0 Å². The molecule has 0 radical (unpaired) electrons. The first kappa shape index (κ1) is 12.2. The summed E-state index contributed by atoms with van der Waals surface area (Å²) in [7, 11) is 0. The van der Waals surface area contributed by atoms with Crippen LogP contribution in [0.15, 0.2) is 46.5 Å². The number of benzene rings is 1. The largest absolute Gasteiger partial charge is 0.384 e. The van der Waals surface area contributed by atoms with Crippen LogP contribution in [0.1, 0.15) is 23.1 Å². The lowest BCUT2D eigenvalue weighted by Crippen LogP contribution is -2.12. The summed E-state index contributed by atoms with van der Waals surface area (Å²) in [6.45, 7) is 0. The van der Waals surface area contributed by atoms with E-state index in [1.807, 2.05) is 12.1 Å². The van der Waals surface area contributed by atoms with Gasteiger partial charge in [-0.15, -0.1) is 0 Å². The quantitative estimate of drug-likeness (QED) is 0.665. The van der Waals surface area contributed by atoms with Crippen LogP contribution in [0.2, 0.25) is 0 Å². The smallest absolute Gasteiger partial charge is 0.125 e. The van der Waals surface area contributed by atoms with E-state index in [-0.39, 0.29) is 5.84 Å². The summed E-state index contributed by atoms with van der Waals surface area (Å²) in [6, 6.07) is 10.2. The fourth-order valence-corrected chi connectivity index (χ4v) is 3.36. The highest BCUT2D eigenvalue weighted by atomic mass is 32.2. The number of pyridine rings is 1. The second-order valence-electron chi connectivity index (χ2n) is 4.66. The molecule has 0 spiro atoms. The van der Waals surface area contributed by atoms with Crippen LogP contribution in [0.4, 0.5) is 0 Å². The molecular formula is C15H15N3S. The number of nitrogen functional groups attached to an aromatic ring is 1. The van der Waals surface area contributed by atoms with Crippen molar-refractivity contribution < 1.29 is 0 Å². The Morgan fingerprint density at radius 3 is 2.89 bits per heavy atom. The molecule has 3 N–H and O–H groups in total. The Morgan fingerprint density at radius 1 is 1.21 bits per heavy atom. The lowest BCUT2D eigenvalue weighted by molar-refractivity contribution is 0.911. The van der Waals surface area contributed by atoms with Crippen LogP contribution in [0.5, 0.6) is 0 Å². The van der Waals surface area contributed by atoms with Gasteiger partial charge in [-0.05, 0) is 54.7 Å². The van der Waals surface area contributed by atoms with E-state index in [1.165, 1.54) is 35.3 Å². The Balaban J connectivity index is 1.91. The predicted octanol–water partition coefficient (Wildman–Crippen LogP) is 3.01. The number of nitrogens with two attached hydrogens (primary N) is 1. The molecule has 1 aromatic carbocycles. The van der Waals surface area contributed by atoms with Crippen LogP contribution < -0.4 is 5.73 Å². The van der Waals surface area contributed by atoms with Crippen molar-refractivity contribution in [2.24, 2.45) is 5.73 Å². The maximum atomic E-state index is 7.59. The molecule has 1 aliphatic carbocycles. The molecule has 1 heterocycles. The van der Waals surface area contributed by atoms with Crippen molar-refractivity contribution in [1.29, 1.82) is 5.41 Å². The minimum atomic E-state index is 0.0664. The number of amidine groups is 1. The van der Waals surface area contributed by atoms with Gasteiger partial charge in [0.25, 0.3) is 0 Å². The zero-order chi connectivity index (χ0) is 13.2. The zero-order valence-corrected chi connectivity index (χ0v) is 11.3. The van der Waals surface area contributed by atoms with E-state index in [4.69, 9.17) is 11.1 Å². The van der Waals surface area contributed by atoms with Gasteiger partial charge in [0, 0.05) is 16.7 Å². The lowest BCUT2D eigenvalue weighted by atomic mass is 10.1. The molecule has 2 aromatic rings. The van der Waals surface area contributed by atoms with Gasteiger partial charge in [-0.2, -0.15) is 0 Å². The maximum Gasteiger partial charge on any atom is 0.125 e. The first-order chi connectivity index (χ1) is 9.24. The van der Waals surface area contributed by atoms with E-state index in [0.717, 1.165) is 5.03 Å². The minimum absolute atomic E-state index is 0.0664. The van der Waals surface area contributed by atoms with Gasteiger partial charge in [-0.3, -0.25) is 5.41 Å². The highest BCUT2D eigenvalue weighted by Crippen LogP contribution is 2.32. The van der Waals surface area contributed by atoms with Gasteiger partial charge in [-0.25, -0.2) is 4.98 Å². The number of fused-ring (bicyclic) bond motifs is 1. The third-order valence-electron chi connectivity index (χ3n) is 3.35. The molecule has 0 atom stereocenters. The van der Waals surface area contributed by atoms with Crippen molar-refractivity contribution in [1.82, 2.24) is 4.98 Å². The molecule has 0 saturated carbocycles. The Kier molecular flexibility index (Phi) is 3.25. The topological polar surface area (TPSA) is 62.8 Å². The Labute approximate surface area is 116 Å². The number of hydrogen-bond acceptors (Lipinski definition) is 3. The SMILES string of the molecule is N=C(N)c1cccnc1Sc1ccc2c(c1)CCC2. The molecule has 19 heavy (non-hydrogen) atoms. The summed E-state index contributed by atoms with van der Waals surface area (Å²) in [4.78, 5) is 5.50. The Morgan fingerprint density at radius 2 is 2.05 bits per heavy atom. The first-order valence-corrected chi connectivity index (χ1v) is 7.15. The zero-order valence-electron chi connectivity index (χ0n) is 10.5. The normalized spacial score (nSPS) is 13.3. The Hall–Kier alpha value is -1.81. The molecule has 3 rings (SSSR count). The fraction of sp³-hybridized carbons (Fsp3) is 0.200. The van der Waals surface area contributed by atoms with Crippen LogP contribution in [-0.2, 0) is 12.8 Å². The molecule has 0 aliphatic heterocycles. The maximum absolute atomic E-state index is 7.59.